The molecule has 0 radical (unpaired) electrons. The van der Waals surface area contributed by atoms with Crippen LogP contribution >= 0.6 is 0 Å². The predicted molar refractivity (Wildman–Crippen MR) is 99.8 cm³/mol. The number of anilines is 1. The molecule has 0 spiro atoms. The van der Waals surface area contributed by atoms with Crippen LogP contribution < -0.4 is 10.2 Å². The van der Waals surface area contributed by atoms with Gasteiger partial charge >= 0.3 is 0 Å². The SMILES string of the molecule is O=C(NCCc1nc2ccccc2[nH]1)C1CCCN(c2ncccn2)C1. The highest BCUT2D eigenvalue weighted by Gasteiger charge is 2.26. The number of hydrogen-bond acceptors (Lipinski definition) is 5. The fraction of sp³-hybridized carbons (Fsp3) is 0.368. The molecular formula is C19H22N6O. The Balaban J connectivity index is 1.30. The molecule has 26 heavy (non-hydrogen) atoms. The van der Waals surface area contributed by atoms with Gasteiger partial charge in [-0.1, -0.05) is 12.1 Å². The van der Waals surface area contributed by atoms with Crippen molar-refractivity contribution in [1.82, 2.24) is 25.3 Å². The van der Waals surface area contributed by atoms with E-state index in [0.29, 0.717) is 25.5 Å². The highest BCUT2D eigenvalue weighted by atomic mass is 16.1. The molecule has 0 bridgehead atoms. The maximum absolute atomic E-state index is 12.5. The molecule has 3 heterocycles. The minimum absolute atomic E-state index is 0.0248. The van der Waals surface area contributed by atoms with Gasteiger partial charge in [-0.2, -0.15) is 0 Å². The van der Waals surface area contributed by atoms with Gasteiger partial charge in [0, 0.05) is 38.4 Å². The van der Waals surface area contributed by atoms with E-state index in [9.17, 15) is 4.79 Å². The Morgan fingerprint density at radius 2 is 2.08 bits per heavy atom. The Labute approximate surface area is 151 Å². The average molecular weight is 350 g/mol. The number of para-hydroxylation sites is 2. The molecule has 7 nitrogen and oxygen atoms in total. The Morgan fingerprint density at radius 1 is 1.23 bits per heavy atom. The molecule has 134 valence electrons. The van der Waals surface area contributed by atoms with Gasteiger partial charge in [0.25, 0.3) is 0 Å². The smallest absolute Gasteiger partial charge is 0.225 e. The van der Waals surface area contributed by atoms with Crippen molar-refractivity contribution in [1.29, 1.82) is 0 Å². The van der Waals surface area contributed by atoms with Crippen LogP contribution in [0.25, 0.3) is 11.0 Å². The van der Waals surface area contributed by atoms with Crippen LogP contribution in [0, 0.1) is 5.92 Å². The molecule has 1 amide bonds. The molecule has 0 saturated carbocycles. The van der Waals surface area contributed by atoms with E-state index in [1.54, 1.807) is 18.5 Å². The van der Waals surface area contributed by atoms with Gasteiger partial charge in [0.1, 0.15) is 5.82 Å². The van der Waals surface area contributed by atoms with Crippen LogP contribution in [-0.2, 0) is 11.2 Å². The summed E-state index contributed by atoms with van der Waals surface area (Å²) in [5.74, 6) is 1.67. The maximum atomic E-state index is 12.5. The minimum Gasteiger partial charge on any atom is -0.355 e. The summed E-state index contributed by atoms with van der Waals surface area (Å²) in [5, 5.41) is 3.05. The van der Waals surface area contributed by atoms with Crippen LogP contribution in [0.15, 0.2) is 42.7 Å². The Bertz CT molecular complexity index is 845. The zero-order valence-electron chi connectivity index (χ0n) is 14.6. The highest BCUT2D eigenvalue weighted by Crippen LogP contribution is 2.20. The molecule has 2 aromatic heterocycles. The van der Waals surface area contributed by atoms with Crippen LogP contribution in [-0.4, -0.2) is 45.5 Å². The van der Waals surface area contributed by atoms with Gasteiger partial charge in [-0.3, -0.25) is 4.79 Å². The summed E-state index contributed by atoms with van der Waals surface area (Å²) in [5.41, 5.74) is 1.99. The number of nitrogens with zero attached hydrogens (tertiary/aromatic N) is 4. The normalized spacial score (nSPS) is 17.4. The molecule has 4 rings (SSSR count). The van der Waals surface area contributed by atoms with Crippen molar-refractivity contribution in [2.24, 2.45) is 5.92 Å². The third-order valence-corrected chi connectivity index (χ3v) is 4.73. The number of imidazole rings is 1. The topological polar surface area (TPSA) is 86.8 Å². The lowest BCUT2D eigenvalue weighted by atomic mass is 9.97. The standard InChI is InChI=1S/C19H22N6O/c26-18(14-5-3-12-25(13-14)19-21-9-4-10-22-19)20-11-8-17-23-15-6-1-2-7-16(15)24-17/h1-2,4,6-7,9-10,14H,3,5,8,11-13H2,(H,20,26)(H,23,24). The third-order valence-electron chi connectivity index (χ3n) is 4.73. The van der Waals surface area contributed by atoms with Crippen molar-refractivity contribution in [3.63, 3.8) is 0 Å². The number of carbonyl (C=O) groups excluding carboxylic acids is 1. The van der Waals surface area contributed by atoms with Crippen molar-refractivity contribution in [3.05, 3.63) is 48.5 Å². The number of amides is 1. The molecule has 1 fully saturated rings. The molecule has 0 aliphatic carbocycles. The van der Waals surface area contributed by atoms with Gasteiger partial charge in [-0.05, 0) is 31.0 Å². The second-order valence-corrected chi connectivity index (χ2v) is 6.58. The average Bonchev–Trinajstić information content (AvgIpc) is 3.11. The molecule has 2 N–H and O–H groups in total. The Hall–Kier alpha value is -2.96. The second-order valence-electron chi connectivity index (χ2n) is 6.58. The number of rotatable bonds is 5. The molecule has 1 aromatic carbocycles. The van der Waals surface area contributed by atoms with Gasteiger partial charge in [-0.15, -0.1) is 0 Å². The summed E-state index contributed by atoms with van der Waals surface area (Å²) < 4.78 is 0. The predicted octanol–water partition coefficient (Wildman–Crippen LogP) is 1.93. The first-order chi connectivity index (χ1) is 12.8. The molecular weight excluding hydrogens is 328 g/mol. The first kappa shape index (κ1) is 16.5. The summed E-state index contributed by atoms with van der Waals surface area (Å²) in [6.45, 7) is 2.14. The third kappa shape index (κ3) is 3.66. The number of aromatic nitrogens is 4. The maximum Gasteiger partial charge on any atom is 0.225 e. The van der Waals surface area contributed by atoms with Crippen molar-refractivity contribution in [2.45, 2.75) is 19.3 Å². The summed E-state index contributed by atoms with van der Waals surface area (Å²) in [4.78, 5) is 31.0. The quantitative estimate of drug-likeness (QED) is 0.734. The Kier molecular flexibility index (Phi) is 4.77. The van der Waals surface area contributed by atoms with E-state index in [4.69, 9.17) is 0 Å². The summed E-state index contributed by atoms with van der Waals surface area (Å²) >= 11 is 0. The largest absolute Gasteiger partial charge is 0.355 e. The van der Waals surface area contributed by atoms with Crippen LogP contribution in [0.1, 0.15) is 18.7 Å². The number of benzene rings is 1. The van der Waals surface area contributed by atoms with E-state index in [-0.39, 0.29) is 11.8 Å². The van der Waals surface area contributed by atoms with Crippen LogP contribution in [0.5, 0.6) is 0 Å². The van der Waals surface area contributed by atoms with E-state index < -0.39 is 0 Å². The zero-order chi connectivity index (χ0) is 17.8. The number of fused-ring (bicyclic) bond motifs is 1. The van der Waals surface area contributed by atoms with E-state index in [1.807, 2.05) is 24.3 Å². The molecule has 1 saturated heterocycles. The molecule has 1 aliphatic rings. The van der Waals surface area contributed by atoms with E-state index in [0.717, 1.165) is 36.2 Å². The lowest BCUT2D eigenvalue weighted by Crippen LogP contribution is -2.44. The molecule has 7 heteroatoms. The van der Waals surface area contributed by atoms with E-state index >= 15 is 0 Å². The van der Waals surface area contributed by atoms with Crippen molar-refractivity contribution in [2.75, 3.05) is 24.5 Å². The monoisotopic (exact) mass is 350 g/mol. The fourth-order valence-corrected chi connectivity index (χ4v) is 3.40. The van der Waals surface area contributed by atoms with Gasteiger partial charge in [0.15, 0.2) is 0 Å². The molecule has 1 unspecified atom stereocenters. The second kappa shape index (κ2) is 7.51. The van der Waals surface area contributed by atoms with Crippen LogP contribution in [0.4, 0.5) is 5.95 Å². The lowest BCUT2D eigenvalue weighted by molar-refractivity contribution is -0.125. The van der Waals surface area contributed by atoms with Gasteiger partial charge < -0.3 is 15.2 Å². The number of hydrogen-bond donors (Lipinski definition) is 2. The van der Waals surface area contributed by atoms with E-state index in [1.165, 1.54) is 0 Å². The van der Waals surface area contributed by atoms with Crippen LogP contribution in [0.2, 0.25) is 0 Å². The van der Waals surface area contributed by atoms with Crippen molar-refractivity contribution in [3.8, 4) is 0 Å². The minimum atomic E-state index is -0.0248. The molecule has 1 aliphatic heterocycles. The first-order valence-corrected chi connectivity index (χ1v) is 9.03. The fourth-order valence-electron chi connectivity index (χ4n) is 3.40. The van der Waals surface area contributed by atoms with Crippen molar-refractivity contribution < 1.29 is 4.79 Å². The zero-order valence-corrected chi connectivity index (χ0v) is 14.6. The number of piperidine rings is 1. The molecule has 1 atom stereocenters. The molecule has 3 aromatic rings. The first-order valence-electron chi connectivity index (χ1n) is 9.03. The summed E-state index contributed by atoms with van der Waals surface area (Å²) in [6.07, 6.45) is 6.04. The summed E-state index contributed by atoms with van der Waals surface area (Å²) in [7, 11) is 0. The highest BCUT2D eigenvalue weighted by molar-refractivity contribution is 5.79. The van der Waals surface area contributed by atoms with E-state index in [2.05, 4.69) is 30.2 Å². The summed E-state index contributed by atoms with van der Waals surface area (Å²) in [6, 6.07) is 9.75. The van der Waals surface area contributed by atoms with Crippen molar-refractivity contribution >= 4 is 22.9 Å². The van der Waals surface area contributed by atoms with Gasteiger partial charge in [-0.25, -0.2) is 15.0 Å². The van der Waals surface area contributed by atoms with Gasteiger partial charge in [0.2, 0.25) is 11.9 Å². The number of H-pyrrole nitrogens is 1. The number of aromatic amines is 1. The Morgan fingerprint density at radius 3 is 2.92 bits per heavy atom. The number of carbonyl (C=O) groups is 1. The van der Waals surface area contributed by atoms with Gasteiger partial charge in [0.05, 0.1) is 17.0 Å². The lowest BCUT2D eigenvalue weighted by Gasteiger charge is -2.31. The van der Waals surface area contributed by atoms with Crippen LogP contribution in [0.3, 0.4) is 0 Å². The number of nitrogens with one attached hydrogen (secondary N) is 2.